The highest BCUT2D eigenvalue weighted by molar-refractivity contribution is 7.18. The van der Waals surface area contributed by atoms with Gasteiger partial charge in [0.05, 0.1) is 34.1 Å². The van der Waals surface area contributed by atoms with Crippen molar-refractivity contribution in [3.8, 4) is 16.9 Å². The molecule has 10 nitrogen and oxygen atoms in total. The third-order valence-corrected chi connectivity index (χ3v) is 10.8. The monoisotopic (exact) mass is 733 g/mol. The maximum Gasteiger partial charge on any atom is 0.522 e. The highest BCUT2D eigenvalue weighted by Gasteiger charge is 2.44. The van der Waals surface area contributed by atoms with Crippen molar-refractivity contribution in [2.45, 2.75) is 70.5 Å². The molecule has 0 unspecified atom stereocenters. The molecule has 1 atom stereocenters. The maximum atomic E-state index is 14.1. The summed E-state index contributed by atoms with van der Waals surface area (Å²) < 4.78 is 51.6. The Hall–Kier alpha value is -3.56. The zero-order chi connectivity index (χ0) is 36.0. The van der Waals surface area contributed by atoms with Crippen LogP contribution in [0.4, 0.5) is 13.2 Å². The second kappa shape index (κ2) is 14.2. The van der Waals surface area contributed by atoms with Gasteiger partial charge >= 0.3 is 12.3 Å². The number of piperidine rings is 1. The molecular weight excluding hydrogens is 695 g/mol. The molecule has 0 radical (unpaired) electrons. The van der Waals surface area contributed by atoms with E-state index in [0.29, 0.717) is 76.1 Å². The Bertz CT molecular complexity index is 1970. The van der Waals surface area contributed by atoms with Crippen molar-refractivity contribution in [3.63, 3.8) is 0 Å². The molecule has 15 heteroatoms. The number of halogens is 4. The molecular formula is C35H39ClF3N5O5S. The molecule has 1 aromatic carbocycles. The summed E-state index contributed by atoms with van der Waals surface area (Å²) in [5, 5.41) is 11.7. The zero-order valence-electron chi connectivity index (χ0n) is 28.3. The number of aryl methyl sites for hydroxylation is 3. The van der Waals surface area contributed by atoms with Crippen LogP contribution >= 0.6 is 22.9 Å². The lowest BCUT2D eigenvalue weighted by Gasteiger charge is -2.50. The number of aromatic nitrogens is 3. The normalized spacial score (nSPS) is 18.9. The van der Waals surface area contributed by atoms with E-state index >= 15 is 0 Å². The Morgan fingerprint density at radius 1 is 1.16 bits per heavy atom. The predicted octanol–water partition coefficient (Wildman–Crippen LogP) is 6.36. The number of ether oxygens (including phenoxy) is 2. The number of carbonyl (C=O) groups is 1. The molecule has 1 saturated heterocycles. The third kappa shape index (κ3) is 7.54. The number of likely N-dealkylation sites (N-methyl/N-ethyl adjacent to an activating group) is 1. The van der Waals surface area contributed by atoms with Gasteiger partial charge in [-0.15, -0.1) is 24.5 Å². The van der Waals surface area contributed by atoms with Crippen molar-refractivity contribution in [2.24, 2.45) is 0 Å². The smallest absolute Gasteiger partial charge is 0.491 e. The van der Waals surface area contributed by atoms with E-state index in [-0.39, 0.29) is 37.1 Å². The molecule has 1 aliphatic carbocycles. The van der Waals surface area contributed by atoms with Gasteiger partial charge in [0.2, 0.25) is 0 Å². The highest BCUT2D eigenvalue weighted by atomic mass is 35.5. The van der Waals surface area contributed by atoms with Crippen LogP contribution in [-0.4, -0.2) is 93.8 Å². The second-order valence-electron chi connectivity index (χ2n) is 13.4. The SMILES string of the molecule is Cc1cc(-c2cc(Cl)ccc2OCCn2c(C)nc3c(c2=O)C[C@@](CN(C)C)(N2CCC(OC(F)(F)F)CC2)CC3)c2scc(C(=O)O)c2n1. The lowest BCUT2D eigenvalue weighted by Crippen LogP contribution is -2.61. The number of aromatic carboxylic acids is 1. The summed E-state index contributed by atoms with van der Waals surface area (Å²) in [6.07, 6.45) is -3.24. The number of hydrogen-bond acceptors (Lipinski definition) is 9. The fraction of sp³-hybridized carbons (Fsp3) is 0.486. The van der Waals surface area contributed by atoms with E-state index in [0.717, 1.165) is 17.7 Å². The zero-order valence-corrected chi connectivity index (χ0v) is 29.8. The van der Waals surface area contributed by atoms with Gasteiger partial charge in [-0.05, 0) is 84.3 Å². The molecule has 50 heavy (non-hydrogen) atoms. The Labute approximate surface area is 296 Å². The minimum absolute atomic E-state index is 0.128. The number of carboxylic acids is 1. The molecule has 268 valence electrons. The van der Waals surface area contributed by atoms with E-state index in [1.165, 1.54) is 11.3 Å². The predicted molar refractivity (Wildman–Crippen MR) is 186 cm³/mol. The van der Waals surface area contributed by atoms with Crippen LogP contribution < -0.4 is 10.3 Å². The topological polar surface area (TPSA) is 110 Å². The van der Waals surface area contributed by atoms with Crippen LogP contribution in [0.25, 0.3) is 21.3 Å². The van der Waals surface area contributed by atoms with Crippen molar-refractivity contribution < 1.29 is 32.5 Å². The average molecular weight is 734 g/mol. The van der Waals surface area contributed by atoms with Gasteiger partial charge in [0.1, 0.15) is 18.2 Å². The summed E-state index contributed by atoms with van der Waals surface area (Å²) in [5.74, 6) is 0.0395. The fourth-order valence-corrected chi connectivity index (χ4v) is 8.66. The van der Waals surface area contributed by atoms with Crippen LogP contribution in [0.1, 0.15) is 52.4 Å². The molecule has 0 amide bonds. The van der Waals surface area contributed by atoms with Crippen LogP contribution in [-0.2, 0) is 24.1 Å². The van der Waals surface area contributed by atoms with Gasteiger partial charge in [0.25, 0.3) is 5.56 Å². The number of thiophene rings is 1. The van der Waals surface area contributed by atoms with E-state index in [9.17, 15) is 27.9 Å². The van der Waals surface area contributed by atoms with Crippen LogP contribution in [0.15, 0.2) is 34.4 Å². The number of hydrogen-bond donors (Lipinski definition) is 1. The van der Waals surface area contributed by atoms with Crippen LogP contribution in [0.5, 0.6) is 5.75 Å². The summed E-state index contributed by atoms with van der Waals surface area (Å²) in [7, 11) is 3.93. The Kier molecular flexibility index (Phi) is 10.3. The molecule has 0 bridgehead atoms. The summed E-state index contributed by atoms with van der Waals surface area (Å²) in [4.78, 5) is 39.6. The number of rotatable bonds is 10. The number of likely N-dealkylation sites (tertiary alicyclic amines) is 1. The van der Waals surface area contributed by atoms with Crippen molar-refractivity contribution in [2.75, 3.05) is 40.3 Å². The van der Waals surface area contributed by atoms with Gasteiger partial charge in [-0.1, -0.05) is 11.6 Å². The highest BCUT2D eigenvalue weighted by Crippen LogP contribution is 2.41. The molecule has 4 heterocycles. The fourth-order valence-electron chi connectivity index (χ4n) is 7.48. The molecule has 0 spiro atoms. The number of alkyl halides is 3. The number of benzene rings is 1. The molecule has 2 aliphatic rings. The number of fused-ring (bicyclic) bond motifs is 2. The number of nitrogens with zero attached hydrogens (tertiary/aromatic N) is 5. The summed E-state index contributed by atoms with van der Waals surface area (Å²) >= 11 is 7.71. The average Bonchev–Trinajstić information content (AvgIpc) is 3.47. The summed E-state index contributed by atoms with van der Waals surface area (Å²) in [6.45, 7) is 5.50. The first kappa shape index (κ1) is 36.2. The quantitative estimate of drug-likeness (QED) is 0.199. The van der Waals surface area contributed by atoms with E-state index < -0.39 is 24.0 Å². The first-order valence-electron chi connectivity index (χ1n) is 16.4. The number of carboxylic acid groups (broad SMARTS) is 1. The number of pyridine rings is 1. The molecule has 3 aromatic heterocycles. The molecule has 4 aromatic rings. The van der Waals surface area contributed by atoms with Gasteiger partial charge < -0.3 is 14.7 Å². The van der Waals surface area contributed by atoms with Crippen molar-refractivity contribution in [1.29, 1.82) is 0 Å². The summed E-state index contributed by atoms with van der Waals surface area (Å²) in [5.41, 5.74) is 3.42. The van der Waals surface area contributed by atoms with Gasteiger partial charge in [0.15, 0.2) is 0 Å². The van der Waals surface area contributed by atoms with E-state index in [1.807, 2.05) is 20.2 Å². The lowest BCUT2D eigenvalue weighted by molar-refractivity contribution is -0.346. The molecule has 1 N–H and O–H groups in total. The Balaban J connectivity index is 1.24. The van der Waals surface area contributed by atoms with Gasteiger partial charge in [-0.2, -0.15) is 0 Å². The first-order valence-corrected chi connectivity index (χ1v) is 17.7. The van der Waals surface area contributed by atoms with E-state index in [4.69, 9.17) is 21.3 Å². The maximum absolute atomic E-state index is 14.1. The summed E-state index contributed by atoms with van der Waals surface area (Å²) in [6, 6.07) is 7.11. The van der Waals surface area contributed by atoms with Crippen molar-refractivity contribution >= 4 is 39.1 Å². The van der Waals surface area contributed by atoms with E-state index in [2.05, 4.69) is 19.5 Å². The van der Waals surface area contributed by atoms with Crippen molar-refractivity contribution in [1.82, 2.24) is 24.3 Å². The molecule has 0 saturated carbocycles. The van der Waals surface area contributed by atoms with Crippen LogP contribution in [0.3, 0.4) is 0 Å². The third-order valence-electron chi connectivity index (χ3n) is 9.58. The molecule has 1 fully saturated rings. The Morgan fingerprint density at radius 2 is 1.90 bits per heavy atom. The van der Waals surface area contributed by atoms with Gasteiger partial charge in [-0.25, -0.2) is 9.78 Å². The minimum atomic E-state index is -4.66. The van der Waals surface area contributed by atoms with Crippen LogP contribution in [0.2, 0.25) is 5.02 Å². The van der Waals surface area contributed by atoms with Gasteiger partial charge in [-0.3, -0.25) is 24.0 Å². The molecule has 1 aliphatic heterocycles. The Morgan fingerprint density at radius 3 is 2.58 bits per heavy atom. The van der Waals surface area contributed by atoms with Crippen LogP contribution in [0, 0.1) is 13.8 Å². The lowest BCUT2D eigenvalue weighted by atomic mass is 9.77. The van der Waals surface area contributed by atoms with Crippen molar-refractivity contribution in [3.05, 3.63) is 73.4 Å². The second-order valence-corrected chi connectivity index (χ2v) is 14.7. The molecule has 6 rings (SSSR count). The minimum Gasteiger partial charge on any atom is -0.491 e. The van der Waals surface area contributed by atoms with E-state index in [1.54, 1.807) is 42.0 Å². The first-order chi connectivity index (χ1) is 23.6. The van der Waals surface area contributed by atoms with Gasteiger partial charge in [0, 0.05) is 58.0 Å². The largest absolute Gasteiger partial charge is 0.522 e. The standard InChI is InChI=1S/C35H39ClF3N5O5S/c1-20-15-25(31-30(40-20)27(18-50-31)33(46)47)24-16-22(36)5-6-29(24)48-14-13-44-21(2)41-28-7-10-34(19-42(3)4,17-26(28)32(44)45)43-11-8-23(9-12-43)49-35(37,38)39/h5-6,15-16,18,23H,7-14,17,19H2,1-4H3,(H,46,47)/t34-/m0/s1.